The van der Waals surface area contributed by atoms with Gasteiger partial charge in [-0.05, 0) is 72.2 Å². The van der Waals surface area contributed by atoms with Crippen molar-refractivity contribution < 1.29 is 18.0 Å². The zero-order valence-corrected chi connectivity index (χ0v) is 18.4. The molecule has 0 spiro atoms. The van der Waals surface area contributed by atoms with Crippen LogP contribution in [-0.2, 0) is 6.18 Å². The van der Waals surface area contributed by atoms with Crippen molar-refractivity contribution in [3.63, 3.8) is 0 Å². The second-order valence-corrected chi connectivity index (χ2v) is 7.81. The van der Waals surface area contributed by atoms with Crippen LogP contribution < -0.4 is 10.2 Å². The molecule has 3 aromatic rings. The van der Waals surface area contributed by atoms with Gasteiger partial charge in [0.2, 0.25) is 0 Å². The fourth-order valence-electron chi connectivity index (χ4n) is 2.98. The van der Waals surface area contributed by atoms with Gasteiger partial charge in [-0.3, -0.25) is 4.79 Å². The molecule has 0 aliphatic rings. The molecule has 0 fully saturated rings. The van der Waals surface area contributed by atoms with E-state index in [9.17, 15) is 18.0 Å². The second kappa shape index (κ2) is 8.14. The molecule has 3 rings (SSSR count). The first-order chi connectivity index (χ1) is 14.0. The number of alkyl halides is 3. The van der Waals surface area contributed by atoms with Crippen LogP contribution in [0.5, 0.6) is 0 Å². The average molecular weight is 481 g/mol. The zero-order chi connectivity index (χ0) is 22.2. The summed E-state index contributed by atoms with van der Waals surface area (Å²) in [6.45, 7) is 3.77. The standard InChI is InChI=1S/C21H20BrF3N4O/c1-12-19(22)13(2)29(27-12)15-7-5-14(6-8-15)20(30)26-18-10-9-16(28(3)4)11-17(18)21(23,24)25/h5-11H,1-4H3,(H,26,30). The number of nitrogens with zero attached hydrogens (tertiary/aromatic N) is 3. The summed E-state index contributed by atoms with van der Waals surface area (Å²) in [6.07, 6.45) is -4.60. The third-order valence-electron chi connectivity index (χ3n) is 4.65. The summed E-state index contributed by atoms with van der Waals surface area (Å²) in [5.74, 6) is -0.626. The monoisotopic (exact) mass is 480 g/mol. The summed E-state index contributed by atoms with van der Waals surface area (Å²) in [6, 6.07) is 10.3. The molecule has 1 aromatic heterocycles. The molecule has 158 valence electrons. The molecule has 0 radical (unpaired) electrons. The van der Waals surface area contributed by atoms with E-state index in [2.05, 4.69) is 26.3 Å². The maximum Gasteiger partial charge on any atom is 0.418 e. The van der Waals surface area contributed by atoms with Gasteiger partial charge in [-0.2, -0.15) is 18.3 Å². The Morgan fingerprint density at radius 3 is 2.23 bits per heavy atom. The predicted octanol–water partition coefficient (Wildman–Crippen LogP) is 5.59. The minimum Gasteiger partial charge on any atom is -0.378 e. The Hall–Kier alpha value is -2.81. The van der Waals surface area contributed by atoms with E-state index in [1.165, 1.54) is 12.1 Å². The molecule has 30 heavy (non-hydrogen) atoms. The lowest BCUT2D eigenvalue weighted by Crippen LogP contribution is -2.18. The number of hydrogen-bond acceptors (Lipinski definition) is 3. The number of benzene rings is 2. The lowest BCUT2D eigenvalue weighted by atomic mass is 10.1. The second-order valence-electron chi connectivity index (χ2n) is 7.02. The van der Waals surface area contributed by atoms with E-state index in [0.717, 1.165) is 27.6 Å². The number of nitrogens with one attached hydrogen (secondary N) is 1. The molecule has 0 unspecified atom stereocenters. The number of aromatic nitrogens is 2. The third-order valence-corrected chi connectivity index (χ3v) is 5.80. The van der Waals surface area contributed by atoms with Crippen molar-refractivity contribution in [1.82, 2.24) is 9.78 Å². The van der Waals surface area contributed by atoms with Crippen molar-refractivity contribution in [1.29, 1.82) is 0 Å². The summed E-state index contributed by atoms with van der Waals surface area (Å²) in [7, 11) is 3.30. The van der Waals surface area contributed by atoms with Gasteiger partial charge in [0.05, 0.1) is 32.8 Å². The molecule has 9 heteroatoms. The van der Waals surface area contributed by atoms with Crippen molar-refractivity contribution >= 4 is 33.2 Å². The maximum atomic E-state index is 13.5. The average Bonchev–Trinajstić information content (AvgIpc) is 2.94. The van der Waals surface area contributed by atoms with Gasteiger partial charge in [0.15, 0.2) is 0 Å². The Bertz CT molecular complexity index is 1090. The van der Waals surface area contributed by atoms with Crippen molar-refractivity contribution in [2.45, 2.75) is 20.0 Å². The molecule has 1 N–H and O–H groups in total. The zero-order valence-electron chi connectivity index (χ0n) is 16.8. The summed E-state index contributed by atoms with van der Waals surface area (Å²) < 4.78 is 43.0. The van der Waals surface area contributed by atoms with Gasteiger partial charge in [0.25, 0.3) is 5.91 Å². The summed E-state index contributed by atoms with van der Waals surface area (Å²) in [5.41, 5.74) is 1.92. The SMILES string of the molecule is Cc1nn(-c2ccc(C(=O)Nc3ccc(N(C)C)cc3C(F)(F)F)cc2)c(C)c1Br. The summed E-state index contributed by atoms with van der Waals surface area (Å²) in [5, 5.41) is 6.80. The lowest BCUT2D eigenvalue weighted by molar-refractivity contribution is -0.136. The van der Waals surface area contributed by atoms with Crippen LogP contribution >= 0.6 is 15.9 Å². The highest BCUT2D eigenvalue weighted by Crippen LogP contribution is 2.37. The van der Waals surface area contributed by atoms with Gasteiger partial charge in [-0.25, -0.2) is 4.68 Å². The molecule has 0 atom stereocenters. The molecular weight excluding hydrogens is 461 g/mol. The van der Waals surface area contributed by atoms with Crippen molar-refractivity contribution in [2.24, 2.45) is 0 Å². The molecule has 5 nitrogen and oxygen atoms in total. The Balaban J connectivity index is 1.87. The molecule has 0 aliphatic carbocycles. The van der Waals surface area contributed by atoms with Gasteiger partial charge < -0.3 is 10.2 Å². The molecule has 0 saturated heterocycles. The van der Waals surface area contributed by atoms with E-state index in [0.29, 0.717) is 5.69 Å². The number of rotatable bonds is 4. The summed E-state index contributed by atoms with van der Waals surface area (Å²) >= 11 is 3.47. The Labute approximate surface area is 180 Å². The molecule has 0 bridgehead atoms. The quantitative estimate of drug-likeness (QED) is 0.529. The van der Waals surface area contributed by atoms with Gasteiger partial charge in [0, 0.05) is 25.3 Å². The minimum absolute atomic E-state index is 0.240. The van der Waals surface area contributed by atoms with Gasteiger partial charge >= 0.3 is 6.18 Å². The number of aryl methyl sites for hydroxylation is 1. The molecule has 2 aromatic carbocycles. The van der Waals surface area contributed by atoms with Gasteiger partial charge in [-0.1, -0.05) is 0 Å². The van der Waals surface area contributed by atoms with Crippen LogP contribution in [0.1, 0.15) is 27.3 Å². The Kier molecular flexibility index (Phi) is 5.94. The molecule has 0 aliphatic heterocycles. The summed E-state index contributed by atoms with van der Waals surface area (Å²) in [4.78, 5) is 14.1. The highest BCUT2D eigenvalue weighted by molar-refractivity contribution is 9.10. The molecular formula is C21H20BrF3N4O. The van der Waals surface area contributed by atoms with Gasteiger partial charge in [0.1, 0.15) is 0 Å². The Morgan fingerprint density at radius 1 is 1.10 bits per heavy atom. The highest BCUT2D eigenvalue weighted by Gasteiger charge is 2.34. The van der Waals surface area contributed by atoms with Crippen LogP contribution in [0, 0.1) is 13.8 Å². The number of halogens is 4. The minimum atomic E-state index is -4.60. The van der Waals surface area contributed by atoms with E-state index >= 15 is 0 Å². The van der Waals surface area contributed by atoms with Crippen molar-refractivity contribution in [2.75, 3.05) is 24.3 Å². The van der Waals surface area contributed by atoms with E-state index in [4.69, 9.17) is 0 Å². The topological polar surface area (TPSA) is 50.2 Å². The van der Waals surface area contributed by atoms with Crippen LogP contribution in [0.4, 0.5) is 24.5 Å². The number of anilines is 2. The first-order valence-corrected chi connectivity index (χ1v) is 9.80. The first kappa shape index (κ1) is 21.9. The number of carbonyl (C=O) groups excluding carboxylic acids is 1. The highest BCUT2D eigenvalue weighted by atomic mass is 79.9. The van der Waals surface area contributed by atoms with E-state index in [1.807, 2.05) is 13.8 Å². The Morgan fingerprint density at radius 2 is 1.73 bits per heavy atom. The van der Waals surface area contributed by atoms with Crippen LogP contribution in [0.25, 0.3) is 5.69 Å². The third kappa shape index (κ3) is 4.35. The number of amides is 1. The number of carbonyl (C=O) groups is 1. The van der Waals surface area contributed by atoms with Crippen molar-refractivity contribution in [3.8, 4) is 5.69 Å². The maximum absolute atomic E-state index is 13.5. The van der Waals surface area contributed by atoms with Crippen molar-refractivity contribution in [3.05, 3.63) is 69.5 Å². The fraction of sp³-hybridized carbons (Fsp3) is 0.238. The normalized spacial score (nSPS) is 11.5. The van der Waals surface area contributed by atoms with Gasteiger partial charge in [-0.15, -0.1) is 0 Å². The van der Waals surface area contributed by atoms with Crippen LogP contribution in [0.15, 0.2) is 46.9 Å². The van der Waals surface area contributed by atoms with E-state index in [1.54, 1.807) is 47.9 Å². The first-order valence-electron chi connectivity index (χ1n) is 9.01. The number of hydrogen-bond donors (Lipinski definition) is 1. The predicted molar refractivity (Wildman–Crippen MR) is 114 cm³/mol. The van der Waals surface area contributed by atoms with Crippen LogP contribution in [0.3, 0.4) is 0 Å². The van der Waals surface area contributed by atoms with E-state index < -0.39 is 17.6 Å². The van der Waals surface area contributed by atoms with Crippen LogP contribution in [-0.4, -0.2) is 29.8 Å². The largest absolute Gasteiger partial charge is 0.418 e. The lowest BCUT2D eigenvalue weighted by Gasteiger charge is -2.18. The fourth-order valence-corrected chi connectivity index (χ4v) is 3.22. The van der Waals surface area contributed by atoms with Crippen LogP contribution in [0.2, 0.25) is 0 Å². The molecule has 1 heterocycles. The molecule has 1 amide bonds. The molecule has 0 saturated carbocycles. The van der Waals surface area contributed by atoms with E-state index in [-0.39, 0.29) is 11.3 Å². The smallest absolute Gasteiger partial charge is 0.378 e.